The number of rotatable bonds is 1. The fourth-order valence-corrected chi connectivity index (χ4v) is 2.15. The first-order chi connectivity index (χ1) is 10.4. The van der Waals surface area contributed by atoms with Gasteiger partial charge in [0.15, 0.2) is 5.69 Å². The fraction of sp³-hybridized carbons (Fsp3) is 0.636. The molecule has 0 bridgehead atoms. The summed E-state index contributed by atoms with van der Waals surface area (Å²) in [5, 5.41) is 4.06. The van der Waals surface area contributed by atoms with Crippen LogP contribution in [0.3, 0.4) is 0 Å². The highest BCUT2D eigenvalue weighted by Crippen LogP contribution is 2.25. The predicted octanol–water partition coefficient (Wildman–Crippen LogP) is 1.07. The molecule has 2 rings (SSSR count). The van der Waals surface area contributed by atoms with Crippen LogP contribution in [0.5, 0.6) is 0 Å². The van der Waals surface area contributed by atoms with E-state index in [9.17, 15) is 4.79 Å². The molecule has 1 aromatic rings. The van der Waals surface area contributed by atoms with Gasteiger partial charge in [0.2, 0.25) is 0 Å². The van der Waals surface area contributed by atoms with E-state index in [4.69, 9.17) is 19.8 Å². The Balaban J connectivity index is 2.46. The molecule has 1 aliphatic heterocycles. The number of carbonyl (C=O) groups excluding carboxylic acids is 1. The minimum Gasteiger partial charge on any atom is -0.343 e. The summed E-state index contributed by atoms with van der Waals surface area (Å²) in [7, 11) is 1.89. The third-order valence-electron chi connectivity index (χ3n) is 2.73. The number of aromatic nitrogens is 2. The molecule has 0 saturated heterocycles. The summed E-state index contributed by atoms with van der Waals surface area (Å²) in [5.41, 5.74) is 0.232. The van der Waals surface area contributed by atoms with Crippen molar-refractivity contribution in [3.8, 4) is 0 Å². The second-order valence-electron chi connectivity index (χ2n) is 4.06. The molecule has 17 heavy (non-hydrogen) atoms. The summed E-state index contributed by atoms with van der Waals surface area (Å²) >= 11 is 6.19. The van der Waals surface area contributed by atoms with Gasteiger partial charge in [-0.05, 0) is 13.5 Å². The van der Waals surface area contributed by atoms with Gasteiger partial charge in [-0.3, -0.25) is 9.48 Å². The van der Waals surface area contributed by atoms with Crippen LogP contribution in [0.15, 0.2) is 0 Å². The summed E-state index contributed by atoms with van der Waals surface area (Å²) in [4.78, 5) is 14.3. The van der Waals surface area contributed by atoms with Crippen molar-refractivity contribution in [1.82, 2.24) is 19.6 Å². The molecule has 6 heteroatoms. The van der Waals surface area contributed by atoms with Crippen LogP contribution in [-0.4, -0.2) is 53.0 Å². The molecular weight excluding hydrogens is 240 g/mol. The summed E-state index contributed by atoms with van der Waals surface area (Å²) in [6.07, 6.45) is 0.789. The molecule has 0 unspecified atom stereocenters. The van der Waals surface area contributed by atoms with Crippen LogP contribution in [0.25, 0.3) is 0 Å². The highest BCUT2D eigenvalue weighted by Gasteiger charge is 2.24. The predicted molar refractivity (Wildman–Crippen MR) is 66.2 cm³/mol. The number of aryl methyl sites for hydroxylation is 1. The van der Waals surface area contributed by atoms with Gasteiger partial charge in [0, 0.05) is 41.8 Å². The maximum absolute atomic E-state index is 12.5. The zero-order valence-electron chi connectivity index (χ0n) is 15.4. The van der Waals surface area contributed by atoms with E-state index in [1.165, 1.54) is 4.68 Å². The number of fused-ring (bicyclic) bond motifs is 1. The number of carbonyl (C=O) groups is 1. The molecule has 0 atom stereocenters. The SMILES string of the molecule is [2H]C([2H])([2H])N(C(=O)c1nn2c(c1Cl)CN(C)CCC2)C([2H])([2H])[2H]. The number of hydrogen-bond donors (Lipinski definition) is 0. The Morgan fingerprint density at radius 2 is 2.29 bits per heavy atom. The van der Waals surface area contributed by atoms with Gasteiger partial charge in [-0.2, -0.15) is 5.10 Å². The quantitative estimate of drug-likeness (QED) is 0.760. The largest absolute Gasteiger partial charge is 0.343 e. The third kappa shape index (κ3) is 2.30. The van der Waals surface area contributed by atoms with Gasteiger partial charge in [0.25, 0.3) is 5.91 Å². The average molecular weight is 263 g/mol. The smallest absolute Gasteiger partial charge is 0.275 e. The fourth-order valence-electron chi connectivity index (χ4n) is 1.88. The zero-order valence-corrected chi connectivity index (χ0v) is 10.2. The van der Waals surface area contributed by atoms with Crippen molar-refractivity contribution >= 4 is 17.5 Å². The number of halogens is 1. The molecule has 1 aliphatic rings. The maximum Gasteiger partial charge on any atom is 0.275 e. The highest BCUT2D eigenvalue weighted by atomic mass is 35.5. The Kier molecular flexibility index (Phi) is 1.85. The van der Waals surface area contributed by atoms with Gasteiger partial charge in [0.1, 0.15) is 0 Å². The molecule has 94 valence electrons. The van der Waals surface area contributed by atoms with E-state index < -0.39 is 19.9 Å². The van der Waals surface area contributed by atoms with E-state index in [2.05, 4.69) is 5.10 Å². The Morgan fingerprint density at radius 1 is 1.53 bits per heavy atom. The lowest BCUT2D eigenvalue weighted by molar-refractivity contribution is 0.0821. The van der Waals surface area contributed by atoms with E-state index in [-0.39, 0.29) is 15.6 Å². The van der Waals surface area contributed by atoms with E-state index in [0.717, 1.165) is 13.0 Å². The van der Waals surface area contributed by atoms with Crippen LogP contribution in [0.4, 0.5) is 0 Å². The van der Waals surface area contributed by atoms with Gasteiger partial charge < -0.3 is 9.80 Å². The second-order valence-corrected chi connectivity index (χ2v) is 4.44. The van der Waals surface area contributed by atoms with Crippen molar-refractivity contribution in [2.45, 2.75) is 19.5 Å². The van der Waals surface area contributed by atoms with E-state index >= 15 is 0 Å². The van der Waals surface area contributed by atoms with Gasteiger partial charge >= 0.3 is 0 Å². The Bertz CT molecular complexity index is 597. The van der Waals surface area contributed by atoms with Crippen molar-refractivity contribution in [2.75, 3.05) is 27.5 Å². The Labute approximate surface area is 114 Å². The van der Waals surface area contributed by atoms with Gasteiger partial charge in [-0.25, -0.2) is 0 Å². The van der Waals surface area contributed by atoms with E-state index in [0.29, 0.717) is 18.8 Å². The van der Waals surface area contributed by atoms with Crippen LogP contribution in [0, 0.1) is 0 Å². The lowest BCUT2D eigenvalue weighted by Crippen LogP contribution is -2.23. The standard InChI is InChI=1S/C11H17ClN4O/c1-14(2)11(17)10-9(12)8-7-15(3)5-4-6-16(8)13-10/h4-7H2,1-3H3/i1D3,2D3. The normalized spacial score (nSPS) is 23.2. The first kappa shape index (κ1) is 6.75. The molecule has 2 heterocycles. The van der Waals surface area contributed by atoms with Gasteiger partial charge in [-0.1, -0.05) is 11.6 Å². The highest BCUT2D eigenvalue weighted by molar-refractivity contribution is 6.34. The summed E-state index contributed by atoms with van der Waals surface area (Å²) in [5.74, 6) is -1.22. The topological polar surface area (TPSA) is 41.4 Å². The molecule has 0 fully saturated rings. The van der Waals surface area contributed by atoms with Crippen LogP contribution >= 0.6 is 11.6 Å². The number of nitrogens with zero attached hydrogens (tertiary/aromatic N) is 4. The third-order valence-corrected chi connectivity index (χ3v) is 3.13. The van der Waals surface area contributed by atoms with Crippen molar-refractivity contribution < 1.29 is 13.0 Å². The van der Waals surface area contributed by atoms with Gasteiger partial charge in [0.05, 0.1) is 10.7 Å². The summed E-state index contributed by atoms with van der Waals surface area (Å²) < 4.78 is 45.4. The second kappa shape index (κ2) is 4.66. The van der Waals surface area contributed by atoms with Crippen LogP contribution in [0.2, 0.25) is 5.02 Å². The summed E-state index contributed by atoms with van der Waals surface area (Å²) in [6.45, 7) is -4.44. The minimum absolute atomic E-state index is 0.00208. The van der Waals surface area contributed by atoms with E-state index in [1.807, 2.05) is 11.9 Å². The molecule has 0 aromatic carbocycles. The van der Waals surface area contributed by atoms with Crippen LogP contribution in [-0.2, 0) is 13.1 Å². The Hall–Kier alpha value is -1.07. The van der Waals surface area contributed by atoms with Crippen molar-refractivity contribution in [2.24, 2.45) is 0 Å². The molecule has 5 nitrogen and oxygen atoms in total. The Morgan fingerprint density at radius 3 is 3.00 bits per heavy atom. The lowest BCUT2D eigenvalue weighted by Gasteiger charge is -2.12. The van der Waals surface area contributed by atoms with Crippen LogP contribution < -0.4 is 0 Å². The van der Waals surface area contributed by atoms with Crippen LogP contribution in [0.1, 0.15) is 30.8 Å². The average Bonchev–Trinajstić information content (AvgIpc) is 2.53. The first-order valence-electron chi connectivity index (χ1n) is 8.21. The molecular formula is C11H17ClN4O. The molecule has 0 radical (unpaired) electrons. The molecule has 1 aromatic heterocycles. The molecule has 1 amide bonds. The molecule has 0 spiro atoms. The van der Waals surface area contributed by atoms with E-state index in [1.54, 1.807) is 0 Å². The number of hydrogen-bond acceptors (Lipinski definition) is 3. The molecule has 0 aliphatic carbocycles. The van der Waals surface area contributed by atoms with Crippen molar-refractivity contribution in [1.29, 1.82) is 0 Å². The first-order valence-corrected chi connectivity index (χ1v) is 5.59. The minimum atomic E-state index is -3.12. The maximum atomic E-state index is 12.5. The zero-order chi connectivity index (χ0) is 17.6. The summed E-state index contributed by atoms with van der Waals surface area (Å²) in [6, 6.07) is 0. The van der Waals surface area contributed by atoms with Crippen molar-refractivity contribution in [3.63, 3.8) is 0 Å². The van der Waals surface area contributed by atoms with Gasteiger partial charge in [-0.15, -0.1) is 0 Å². The molecule has 0 saturated carbocycles. The molecule has 0 N–H and O–H groups in total. The van der Waals surface area contributed by atoms with Crippen molar-refractivity contribution in [3.05, 3.63) is 16.4 Å². The number of amides is 1. The lowest BCUT2D eigenvalue weighted by atomic mass is 10.3. The monoisotopic (exact) mass is 262 g/mol.